The minimum absolute atomic E-state index is 0.0729. The zero-order chi connectivity index (χ0) is 28.7. The number of rotatable bonds is 11. The van der Waals surface area contributed by atoms with Crippen molar-refractivity contribution < 1.29 is 18.0 Å². The third-order valence-electron chi connectivity index (χ3n) is 7.28. The second kappa shape index (κ2) is 13.3. The molecule has 40 heavy (non-hydrogen) atoms. The Morgan fingerprint density at radius 2 is 1.55 bits per heavy atom. The number of carbonyl (C=O) groups excluding carboxylic acids is 2. The summed E-state index contributed by atoms with van der Waals surface area (Å²) < 4.78 is 27.0. The molecule has 0 bridgehead atoms. The third-order valence-corrected chi connectivity index (χ3v) is 8.64. The van der Waals surface area contributed by atoms with E-state index in [1.54, 1.807) is 25.1 Å². The van der Waals surface area contributed by atoms with Gasteiger partial charge in [0.05, 0.1) is 11.9 Å². The Morgan fingerprint density at radius 1 is 0.950 bits per heavy atom. The molecular formula is C31H36ClN3O4S. The van der Waals surface area contributed by atoms with Crippen LogP contribution in [0.1, 0.15) is 42.4 Å². The zero-order valence-corrected chi connectivity index (χ0v) is 24.5. The summed E-state index contributed by atoms with van der Waals surface area (Å²) in [6.07, 6.45) is 5.32. The van der Waals surface area contributed by atoms with E-state index in [-0.39, 0.29) is 18.5 Å². The Morgan fingerprint density at radius 3 is 2.12 bits per heavy atom. The first-order chi connectivity index (χ1) is 19.1. The maximum atomic E-state index is 14.1. The van der Waals surface area contributed by atoms with E-state index in [4.69, 9.17) is 11.6 Å². The Kier molecular flexibility index (Phi) is 9.87. The van der Waals surface area contributed by atoms with Crippen LogP contribution < -0.4 is 9.62 Å². The monoisotopic (exact) mass is 581 g/mol. The van der Waals surface area contributed by atoms with Crippen molar-refractivity contribution in [1.29, 1.82) is 0 Å². The molecule has 1 N–H and O–H groups in total. The van der Waals surface area contributed by atoms with Crippen molar-refractivity contribution in [3.63, 3.8) is 0 Å². The van der Waals surface area contributed by atoms with Gasteiger partial charge in [-0.25, -0.2) is 8.42 Å². The quantitative estimate of drug-likeness (QED) is 0.341. The van der Waals surface area contributed by atoms with Gasteiger partial charge in [0.1, 0.15) is 12.6 Å². The molecule has 1 atom stereocenters. The van der Waals surface area contributed by atoms with Gasteiger partial charge in [-0.05, 0) is 54.7 Å². The molecule has 0 saturated heterocycles. The molecule has 4 rings (SSSR count). The van der Waals surface area contributed by atoms with Crippen molar-refractivity contribution in [3.05, 3.63) is 101 Å². The molecule has 0 heterocycles. The Labute approximate surface area is 242 Å². The van der Waals surface area contributed by atoms with Gasteiger partial charge in [0.2, 0.25) is 21.8 Å². The van der Waals surface area contributed by atoms with Crippen molar-refractivity contribution in [2.24, 2.45) is 0 Å². The van der Waals surface area contributed by atoms with Crippen LogP contribution in [0.2, 0.25) is 5.02 Å². The number of benzene rings is 3. The molecule has 0 unspecified atom stereocenters. The maximum absolute atomic E-state index is 14.1. The van der Waals surface area contributed by atoms with E-state index < -0.39 is 28.5 Å². The molecule has 1 saturated carbocycles. The van der Waals surface area contributed by atoms with Crippen LogP contribution in [0.25, 0.3) is 0 Å². The van der Waals surface area contributed by atoms with Crippen LogP contribution in [-0.4, -0.2) is 50.0 Å². The lowest BCUT2D eigenvalue weighted by Gasteiger charge is -2.34. The first kappa shape index (κ1) is 29.6. The van der Waals surface area contributed by atoms with Gasteiger partial charge < -0.3 is 10.2 Å². The normalized spacial score (nSPS) is 14.5. The zero-order valence-electron chi connectivity index (χ0n) is 22.9. The molecule has 0 aromatic heterocycles. The predicted molar refractivity (Wildman–Crippen MR) is 160 cm³/mol. The van der Waals surface area contributed by atoms with Gasteiger partial charge in [-0.15, -0.1) is 0 Å². The molecule has 3 aromatic rings. The highest BCUT2D eigenvalue weighted by Gasteiger charge is 2.34. The molecule has 1 aliphatic carbocycles. The average Bonchev–Trinajstić information content (AvgIpc) is 3.43. The summed E-state index contributed by atoms with van der Waals surface area (Å²) in [7, 11) is -3.84. The molecule has 7 nitrogen and oxygen atoms in total. The largest absolute Gasteiger partial charge is 0.352 e. The second-order valence-electron chi connectivity index (χ2n) is 10.4. The van der Waals surface area contributed by atoms with E-state index in [0.29, 0.717) is 22.7 Å². The lowest BCUT2D eigenvalue weighted by molar-refractivity contribution is -0.140. The minimum atomic E-state index is -3.84. The first-order valence-electron chi connectivity index (χ1n) is 13.5. The van der Waals surface area contributed by atoms with Crippen molar-refractivity contribution in [2.45, 2.75) is 57.7 Å². The Balaban J connectivity index is 1.72. The minimum Gasteiger partial charge on any atom is -0.352 e. The molecule has 0 spiro atoms. The fourth-order valence-electron chi connectivity index (χ4n) is 5.20. The molecule has 9 heteroatoms. The van der Waals surface area contributed by atoms with Crippen molar-refractivity contribution in [2.75, 3.05) is 17.1 Å². The van der Waals surface area contributed by atoms with Gasteiger partial charge in [-0.1, -0.05) is 85.1 Å². The third kappa shape index (κ3) is 7.86. The molecular weight excluding hydrogens is 546 g/mol. The van der Waals surface area contributed by atoms with Crippen LogP contribution in [-0.2, 0) is 32.6 Å². The molecule has 212 valence electrons. The van der Waals surface area contributed by atoms with Crippen LogP contribution >= 0.6 is 11.6 Å². The van der Waals surface area contributed by atoms with Gasteiger partial charge in [0, 0.05) is 24.0 Å². The second-order valence-corrected chi connectivity index (χ2v) is 12.7. The highest BCUT2D eigenvalue weighted by molar-refractivity contribution is 7.92. The maximum Gasteiger partial charge on any atom is 0.244 e. The lowest BCUT2D eigenvalue weighted by Crippen LogP contribution is -2.54. The number of carbonyl (C=O) groups is 2. The summed E-state index contributed by atoms with van der Waals surface area (Å²) in [6.45, 7) is 1.46. The summed E-state index contributed by atoms with van der Waals surface area (Å²) >= 11 is 6.12. The molecule has 1 aliphatic rings. The molecule has 3 aromatic carbocycles. The molecule has 1 fully saturated rings. The highest BCUT2D eigenvalue weighted by Crippen LogP contribution is 2.26. The number of nitrogens with zero attached hydrogens (tertiary/aromatic N) is 2. The number of nitrogens with one attached hydrogen (secondary N) is 1. The number of aryl methyl sites for hydroxylation is 1. The Hall–Kier alpha value is -3.36. The summed E-state index contributed by atoms with van der Waals surface area (Å²) in [5.41, 5.74) is 2.75. The SMILES string of the molecule is Cc1cc(Cl)ccc1N(CC(=O)N(Cc1ccccc1)[C@H](Cc1ccccc1)C(=O)NC1CCCC1)S(C)(=O)=O. The van der Waals surface area contributed by atoms with Crippen LogP contribution in [0.3, 0.4) is 0 Å². The summed E-state index contributed by atoms with van der Waals surface area (Å²) in [4.78, 5) is 29.5. The number of sulfonamides is 1. The number of amides is 2. The van der Waals surface area contributed by atoms with E-state index in [1.807, 2.05) is 60.7 Å². The molecule has 0 aliphatic heterocycles. The van der Waals surface area contributed by atoms with Crippen molar-refractivity contribution in [1.82, 2.24) is 10.2 Å². The highest BCUT2D eigenvalue weighted by atomic mass is 35.5. The van der Waals surface area contributed by atoms with Crippen LogP contribution in [0.4, 0.5) is 5.69 Å². The standard InChI is InChI=1S/C31H36ClN3O4S/c1-23-19-26(32)17-18-28(23)35(40(2,38)39)22-30(36)34(21-25-13-7-4-8-14-25)29(20-24-11-5-3-6-12-24)31(37)33-27-15-9-10-16-27/h3-8,11-14,17-19,27,29H,9-10,15-16,20-22H2,1-2H3,(H,33,37)/t29-/m1/s1. The number of anilines is 1. The van der Waals surface area contributed by atoms with E-state index in [9.17, 15) is 18.0 Å². The van der Waals surface area contributed by atoms with Gasteiger partial charge in [-0.2, -0.15) is 0 Å². The van der Waals surface area contributed by atoms with Gasteiger partial charge >= 0.3 is 0 Å². The summed E-state index contributed by atoms with van der Waals surface area (Å²) in [6, 6.07) is 23.1. The van der Waals surface area contributed by atoms with Gasteiger partial charge in [-0.3, -0.25) is 13.9 Å². The van der Waals surface area contributed by atoms with Crippen molar-refractivity contribution >= 4 is 39.1 Å². The number of hydrogen-bond donors (Lipinski definition) is 1. The predicted octanol–water partition coefficient (Wildman–Crippen LogP) is 5.11. The van der Waals surface area contributed by atoms with E-state index in [2.05, 4.69) is 5.32 Å². The van der Waals surface area contributed by atoms with Crippen LogP contribution in [0.5, 0.6) is 0 Å². The van der Waals surface area contributed by atoms with Crippen molar-refractivity contribution in [3.8, 4) is 0 Å². The van der Waals surface area contributed by atoms with Crippen LogP contribution in [0.15, 0.2) is 78.9 Å². The van der Waals surface area contributed by atoms with E-state index in [1.165, 1.54) is 4.90 Å². The fourth-order valence-corrected chi connectivity index (χ4v) is 6.33. The lowest BCUT2D eigenvalue weighted by atomic mass is 10.0. The smallest absolute Gasteiger partial charge is 0.244 e. The molecule has 2 amide bonds. The summed E-state index contributed by atoms with van der Waals surface area (Å²) in [5, 5.41) is 3.64. The summed E-state index contributed by atoms with van der Waals surface area (Å²) in [5.74, 6) is -0.695. The van der Waals surface area contributed by atoms with Gasteiger partial charge in [0.25, 0.3) is 0 Å². The molecule has 0 radical (unpaired) electrons. The Bertz CT molecular complexity index is 1410. The average molecular weight is 582 g/mol. The van der Waals surface area contributed by atoms with Gasteiger partial charge in [0.15, 0.2) is 0 Å². The first-order valence-corrected chi connectivity index (χ1v) is 15.8. The van der Waals surface area contributed by atoms with E-state index >= 15 is 0 Å². The van der Waals surface area contributed by atoms with E-state index in [0.717, 1.165) is 47.4 Å². The topological polar surface area (TPSA) is 86.8 Å². The number of hydrogen-bond acceptors (Lipinski definition) is 4. The fraction of sp³-hybridized carbons (Fsp3) is 0.355. The van der Waals surface area contributed by atoms with Crippen LogP contribution in [0, 0.1) is 6.92 Å². The number of halogens is 1.